The van der Waals surface area contributed by atoms with Crippen LogP contribution in [0.1, 0.15) is 21.5 Å². The fraction of sp³-hybridized carbons (Fsp3) is 0.0435. The van der Waals surface area contributed by atoms with Crippen molar-refractivity contribution in [1.29, 1.82) is 0 Å². The molecule has 0 aliphatic rings. The SMILES string of the molecule is O=C(O)c1ccc2nccc(Cc3ccc(-c4ccccc4)cc3)c2c1. The molecule has 0 saturated heterocycles. The highest BCUT2D eigenvalue weighted by Crippen LogP contribution is 2.24. The first-order valence-electron chi connectivity index (χ1n) is 8.46. The third kappa shape index (κ3) is 3.20. The molecule has 0 radical (unpaired) electrons. The maximum absolute atomic E-state index is 11.3. The number of aromatic nitrogens is 1. The number of rotatable bonds is 4. The Hall–Kier alpha value is -3.46. The summed E-state index contributed by atoms with van der Waals surface area (Å²) >= 11 is 0. The van der Waals surface area contributed by atoms with Gasteiger partial charge in [-0.2, -0.15) is 0 Å². The van der Waals surface area contributed by atoms with Crippen LogP contribution in [0.5, 0.6) is 0 Å². The van der Waals surface area contributed by atoms with Gasteiger partial charge < -0.3 is 5.11 Å². The van der Waals surface area contributed by atoms with Gasteiger partial charge in [0.1, 0.15) is 0 Å². The maximum Gasteiger partial charge on any atom is 0.335 e. The minimum Gasteiger partial charge on any atom is -0.478 e. The standard InChI is InChI=1S/C23H17NO2/c25-23(26)20-10-11-22-21(15-20)19(12-13-24-22)14-16-6-8-18(9-7-16)17-4-2-1-3-5-17/h1-13,15H,14H2,(H,25,26). The lowest BCUT2D eigenvalue weighted by atomic mass is 9.98. The fourth-order valence-corrected chi connectivity index (χ4v) is 3.16. The Morgan fingerprint density at radius 3 is 2.31 bits per heavy atom. The zero-order chi connectivity index (χ0) is 17.9. The predicted octanol–water partition coefficient (Wildman–Crippen LogP) is 5.19. The molecule has 0 amide bonds. The molecule has 0 bridgehead atoms. The molecule has 126 valence electrons. The highest BCUT2D eigenvalue weighted by Gasteiger charge is 2.08. The molecule has 0 unspecified atom stereocenters. The number of hydrogen-bond donors (Lipinski definition) is 1. The van der Waals surface area contributed by atoms with Crippen LogP contribution in [0.3, 0.4) is 0 Å². The van der Waals surface area contributed by atoms with Crippen molar-refractivity contribution in [2.24, 2.45) is 0 Å². The Labute approximate surface area is 151 Å². The quantitative estimate of drug-likeness (QED) is 0.556. The average molecular weight is 339 g/mol. The van der Waals surface area contributed by atoms with E-state index in [2.05, 4.69) is 41.4 Å². The van der Waals surface area contributed by atoms with Gasteiger partial charge in [-0.05, 0) is 52.9 Å². The van der Waals surface area contributed by atoms with Crippen molar-refractivity contribution in [2.45, 2.75) is 6.42 Å². The number of pyridine rings is 1. The van der Waals surface area contributed by atoms with Crippen LogP contribution in [0.25, 0.3) is 22.0 Å². The van der Waals surface area contributed by atoms with Gasteiger partial charge in [0.25, 0.3) is 0 Å². The summed E-state index contributed by atoms with van der Waals surface area (Å²) in [6.07, 6.45) is 2.51. The number of carboxylic acids is 1. The van der Waals surface area contributed by atoms with Gasteiger partial charge >= 0.3 is 5.97 Å². The Morgan fingerprint density at radius 1 is 0.846 bits per heavy atom. The van der Waals surface area contributed by atoms with Gasteiger partial charge in [-0.1, -0.05) is 54.6 Å². The summed E-state index contributed by atoms with van der Waals surface area (Å²) < 4.78 is 0. The van der Waals surface area contributed by atoms with Crippen LogP contribution in [0, 0.1) is 0 Å². The van der Waals surface area contributed by atoms with Crippen LogP contribution in [-0.4, -0.2) is 16.1 Å². The van der Waals surface area contributed by atoms with E-state index in [0.29, 0.717) is 0 Å². The third-order valence-electron chi connectivity index (χ3n) is 4.53. The van der Waals surface area contributed by atoms with Gasteiger partial charge in [0, 0.05) is 11.6 Å². The third-order valence-corrected chi connectivity index (χ3v) is 4.53. The molecule has 0 spiro atoms. The summed E-state index contributed by atoms with van der Waals surface area (Å²) in [5, 5.41) is 10.1. The van der Waals surface area contributed by atoms with Crippen molar-refractivity contribution < 1.29 is 9.90 Å². The fourth-order valence-electron chi connectivity index (χ4n) is 3.16. The number of fused-ring (bicyclic) bond motifs is 1. The van der Waals surface area contributed by atoms with Gasteiger partial charge in [0.2, 0.25) is 0 Å². The summed E-state index contributed by atoms with van der Waals surface area (Å²) in [4.78, 5) is 15.6. The van der Waals surface area contributed by atoms with E-state index in [1.165, 1.54) is 16.7 Å². The highest BCUT2D eigenvalue weighted by atomic mass is 16.4. The van der Waals surface area contributed by atoms with Gasteiger partial charge in [0.05, 0.1) is 11.1 Å². The number of benzene rings is 3. The second-order valence-electron chi connectivity index (χ2n) is 6.25. The Balaban J connectivity index is 1.67. The van der Waals surface area contributed by atoms with E-state index in [-0.39, 0.29) is 5.56 Å². The molecular formula is C23H17NO2. The van der Waals surface area contributed by atoms with Gasteiger partial charge in [-0.3, -0.25) is 4.98 Å². The van der Waals surface area contributed by atoms with Gasteiger partial charge in [-0.25, -0.2) is 4.79 Å². The molecule has 26 heavy (non-hydrogen) atoms. The first-order chi connectivity index (χ1) is 12.7. The molecule has 1 heterocycles. The molecule has 3 heteroatoms. The monoisotopic (exact) mass is 339 g/mol. The summed E-state index contributed by atoms with van der Waals surface area (Å²) in [5.74, 6) is -0.922. The highest BCUT2D eigenvalue weighted by molar-refractivity contribution is 5.94. The molecule has 0 aliphatic heterocycles. The average Bonchev–Trinajstić information content (AvgIpc) is 2.69. The van der Waals surface area contributed by atoms with E-state index in [1.54, 1.807) is 24.4 Å². The van der Waals surface area contributed by atoms with E-state index in [4.69, 9.17) is 0 Å². The molecule has 0 aliphatic carbocycles. The van der Waals surface area contributed by atoms with Crippen molar-refractivity contribution in [3.05, 3.63) is 102 Å². The summed E-state index contributed by atoms with van der Waals surface area (Å²) in [7, 11) is 0. The maximum atomic E-state index is 11.3. The molecule has 0 atom stereocenters. The number of carbonyl (C=O) groups is 1. The zero-order valence-electron chi connectivity index (χ0n) is 14.1. The lowest BCUT2D eigenvalue weighted by molar-refractivity contribution is 0.0697. The number of aromatic carboxylic acids is 1. The topological polar surface area (TPSA) is 50.2 Å². The van der Waals surface area contributed by atoms with E-state index in [1.807, 2.05) is 24.3 Å². The number of nitrogens with zero attached hydrogens (tertiary/aromatic N) is 1. The van der Waals surface area contributed by atoms with Crippen molar-refractivity contribution in [1.82, 2.24) is 4.98 Å². The molecule has 4 rings (SSSR count). The van der Waals surface area contributed by atoms with Crippen LogP contribution in [0.4, 0.5) is 0 Å². The molecule has 0 saturated carbocycles. The van der Waals surface area contributed by atoms with Crippen molar-refractivity contribution in [3.8, 4) is 11.1 Å². The van der Waals surface area contributed by atoms with Crippen molar-refractivity contribution in [2.75, 3.05) is 0 Å². The summed E-state index contributed by atoms with van der Waals surface area (Å²) in [5.41, 5.74) is 5.73. The first-order valence-corrected chi connectivity index (χ1v) is 8.46. The lowest BCUT2D eigenvalue weighted by Gasteiger charge is -2.08. The van der Waals surface area contributed by atoms with E-state index >= 15 is 0 Å². The van der Waals surface area contributed by atoms with Gasteiger partial charge in [-0.15, -0.1) is 0 Å². The molecule has 1 aromatic heterocycles. The van der Waals surface area contributed by atoms with E-state index in [0.717, 1.165) is 22.9 Å². The zero-order valence-corrected chi connectivity index (χ0v) is 14.1. The minimum atomic E-state index is -0.922. The second kappa shape index (κ2) is 6.81. The largest absolute Gasteiger partial charge is 0.478 e. The minimum absolute atomic E-state index is 0.283. The molecule has 0 fully saturated rings. The van der Waals surface area contributed by atoms with Crippen LogP contribution in [-0.2, 0) is 6.42 Å². The number of hydrogen-bond acceptors (Lipinski definition) is 2. The first kappa shape index (κ1) is 16.0. The van der Waals surface area contributed by atoms with E-state index < -0.39 is 5.97 Å². The van der Waals surface area contributed by atoms with Crippen molar-refractivity contribution >= 4 is 16.9 Å². The van der Waals surface area contributed by atoms with Gasteiger partial charge in [0.15, 0.2) is 0 Å². The Kier molecular flexibility index (Phi) is 4.20. The second-order valence-corrected chi connectivity index (χ2v) is 6.25. The molecular weight excluding hydrogens is 322 g/mol. The van der Waals surface area contributed by atoms with Crippen molar-refractivity contribution in [3.63, 3.8) is 0 Å². The van der Waals surface area contributed by atoms with E-state index in [9.17, 15) is 9.90 Å². The van der Waals surface area contributed by atoms with Crippen LogP contribution < -0.4 is 0 Å². The van der Waals surface area contributed by atoms with Crippen LogP contribution >= 0.6 is 0 Å². The molecule has 3 nitrogen and oxygen atoms in total. The lowest BCUT2D eigenvalue weighted by Crippen LogP contribution is -1.98. The summed E-state index contributed by atoms with van der Waals surface area (Å²) in [6.45, 7) is 0. The van der Waals surface area contributed by atoms with Crippen LogP contribution in [0.15, 0.2) is 85.1 Å². The molecule has 1 N–H and O–H groups in total. The predicted molar refractivity (Wildman–Crippen MR) is 103 cm³/mol. The molecule has 4 aromatic rings. The Morgan fingerprint density at radius 2 is 1.58 bits per heavy atom. The number of carboxylic acid groups (broad SMARTS) is 1. The Bertz CT molecular complexity index is 1070. The smallest absolute Gasteiger partial charge is 0.335 e. The normalized spacial score (nSPS) is 10.8. The van der Waals surface area contributed by atoms with Crippen LogP contribution in [0.2, 0.25) is 0 Å². The summed E-state index contributed by atoms with van der Waals surface area (Å²) in [6, 6.07) is 25.8. The molecule has 3 aromatic carbocycles.